The third-order valence-corrected chi connectivity index (χ3v) is 5.06. The molecule has 0 atom stereocenters. The highest BCUT2D eigenvalue weighted by Gasteiger charge is 2.13. The van der Waals surface area contributed by atoms with Gasteiger partial charge >= 0.3 is 0 Å². The summed E-state index contributed by atoms with van der Waals surface area (Å²) < 4.78 is 0. The highest BCUT2D eigenvalue weighted by molar-refractivity contribution is 7.13. The van der Waals surface area contributed by atoms with Crippen LogP contribution >= 0.6 is 11.3 Å². The Balaban J connectivity index is 1.55. The molecule has 1 aromatic carbocycles. The summed E-state index contributed by atoms with van der Waals surface area (Å²) in [5, 5.41) is 14.4. The number of carbonyl (C=O) groups is 2. The van der Waals surface area contributed by atoms with E-state index in [0.29, 0.717) is 22.8 Å². The van der Waals surface area contributed by atoms with Gasteiger partial charge in [0.05, 0.1) is 0 Å². The van der Waals surface area contributed by atoms with Crippen LogP contribution in [0.15, 0.2) is 35.9 Å². The average Bonchev–Trinajstić information content (AvgIpc) is 3.09. The molecule has 0 saturated carbocycles. The minimum absolute atomic E-state index is 0.135. The number of aromatic nitrogens is 2. The molecule has 136 valence electrons. The van der Waals surface area contributed by atoms with Gasteiger partial charge in [-0.1, -0.05) is 29.1 Å². The third-order valence-electron chi connectivity index (χ3n) is 4.22. The van der Waals surface area contributed by atoms with Gasteiger partial charge in [-0.2, -0.15) is 0 Å². The van der Waals surface area contributed by atoms with Gasteiger partial charge in [-0.05, 0) is 57.2 Å². The maximum Gasteiger partial charge on any atom is 0.286 e. The summed E-state index contributed by atoms with van der Waals surface area (Å²) >= 11 is 1.23. The van der Waals surface area contributed by atoms with Gasteiger partial charge in [0.25, 0.3) is 11.8 Å². The second-order valence-corrected chi connectivity index (χ2v) is 7.46. The number of allylic oxidation sites excluding steroid dienone is 1. The van der Waals surface area contributed by atoms with E-state index < -0.39 is 0 Å². The lowest BCUT2D eigenvalue weighted by Gasteiger charge is -2.13. The molecule has 0 aliphatic heterocycles. The minimum atomic E-state index is -0.322. The molecule has 26 heavy (non-hydrogen) atoms. The molecule has 1 aliphatic carbocycles. The predicted octanol–water partition coefficient (Wildman–Crippen LogP) is 3.72. The van der Waals surface area contributed by atoms with Gasteiger partial charge in [0.15, 0.2) is 0 Å². The summed E-state index contributed by atoms with van der Waals surface area (Å²) in [6, 6.07) is 6.90. The van der Waals surface area contributed by atoms with Crippen molar-refractivity contribution < 1.29 is 9.59 Å². The monoisotopic (exact) mass is 370 g/mol. The highest BCUT2D eigenvalue weighted by Crippen LogP contribution is 2.19. The van der Waals surface area contributed by atoms with E-state index in [-0.39, 0.29) is 11.8 Å². The zero-order valence-electron chi connectivity index (χ0n) is 14.7. The molecule has 6 nitrogen and oxygen atoms in total. The Labute approximate surface area is 156 Å². The van der Waals surface area contributed by atoms with Gasteiger partial charge < -0.3 is 10.6 Å². The molecule has 0 spiro atoms. The van der Waals surface area contributed by atoms with Crippen LogP contribution in [0.2, 0.25) is 0 Å². The van der Waals surface area contributed by atoms with Crippen molar-refractivity contribution in [2.45, 2.75) is 39.0 Å². The van der Waals surface area contributed by atoms with Gasteiger partial charge in [0, 0.05) is 17.8 Å². The van der Waals surface area contributed by atoms with Crippen LogP contribution in [-0.2, 0) is 0 Å². The maximum atomic E-state index is 12.3. The fourth-order valence-electron chi connectivity index (χ4n) is 2.88. The summed E-state index contributed by atoms with van der Waals surface area (Å²) in [7, 11) is 0. The first kappa shape index (κ1) is 18.3. The summed E-state index contributed by atoms with van der Waals surface area (Å²) in [5.41, 5.74) is 2.52. The number of carbonyl (C=O) groups excluding carboxylic acids is 2. The standard InChI is InChI=1S/C19H22N4O2S/c1-13-22-23-19(26-13)18(25)21-16-9-5-8-15(12-16)17(24)20-11-10-14-6-3-2-4-7-14/h5-6,8-9,12H,2-4,7,10-11H2,1H3,(H,20,24)(H,21,25). The van der Waals surface area contributed by atoms with Crippen LogP contribution in [0.3, 0.4) is 0 Å². The fourth-order valence-corrected chi connectivity index (χ4v) is 3.47. The van der Waals surface area contributed by atoms with Crippen molar-refractivity contribution in [2.24, 2.45) is 0 Å². The molecule has 0 radical (unpaired) electrons. The van der Waals surface area contributed by atoms with E-state index in [1.54, 1.807) is 31.2 Å². The van der Waals surface area contributed by atoms with Crippen LogP contribution in [-0.4, -0.2) is 28.6 Å². The summed E-state index contributed by atoms with van der Waals surface area (Å²) in [6.45, 7) is 2.42. The van der Waals surface area contributed by atoms with Crippen molar-refractivity contribution in [1.29, 1.82) is 0 Å². The summed E-state index contributed by atoms with van der Waals surface area (Å²) in [4.78, 5) is 24.5. The number of nitrogens with one attached hydrogen (secondary N) is 2. The van der Waals surface area contributed by atoms with E-state index >= 15 is 0 Å². The molecule has 2 N–H and O–H groups in total. The topological polar surface area (TPSA) is 84.0 Å². The number of nitrogens with zero attached hydrogens (tertiary/aromatic N) is 2. The van der Waals surface area contributed by atoms with E-state index in [1.807, 2.05) is 0 Å². The third kappa shape index (κ3) is 4.98. The molecule has 1 aliphatic rings. The van der Waals surface area contributed by atoms with Crippen LogP contribution < -0.4 is 10.6 Å². The van der Waals surface area contributed by atoms with Gasteiger partial charge in [-0.15, -0.1) is 10.2 Å². The van der Waals surface area contributed by atoms with Crippen molar-refractivity contribution in [2.75, 3.05) is 11.9 Å². The van der Waals surface area contributed by atoms with Gasteiger partial charge in [-0.3, -0.25) is 9.59 Å². The normalized spacial score (nSPS) is 13.8. The number of hydrogen-bond donors (Lipinski definition) is 2. The van der Waals surface area contributed by atoms with E-state index in [0.717, 1.165) is 24.3 Å². The second kappa shape index (κ2) is 8.71. The van der Waals surface area contributed by atoms with Gasteiger partial charge in [0.2, 0.25) is 5.01 Å². The molecule has 0 bridgehead atoms. The van der Waals surface area contributed by atoms with Crippen molar-refractivity contribution in [3.05, 3.63) is 51.5 Å². The molecule has 7 heteroatoms. The van der Waals surface area contributed by atoms with Crippen molar-refractivity contribution >= 4 is 28.8 Å². The van der Waals surface area contributed by atoms with Crippen LogP contribution in [0.5, 0.6) is 0 Å². The maximum absolute atomic E-state index is 12.3. The zero-order valence-corrected chi connectivity index (χ0v) is 15.6. The molecular weight excluding hydrogens is 348 g/mol. The predicted molar refractivity (Wildman–Crippen MR) is 103 cm³/mol. The lowest BCUT2D eigenvalue weighted by Crippen LogP contribution is -2.25. The molecule has 1 aromatic heterocycles. The van der Waals surface area contributed by atoms with Gasteiger partial charge in [0.1, 0.15) is 5.01 Å². The Morgan fingerprint density at radius 1 is 1.19 bits per heavy atom. The molecule has 0 unspecified atom stereocenters. The largest absolute Gasteiger partial charge is 0.352 e. The van der Waals surface area contributed by atoms with E-state index in [1.165, 1.54) is 29.8 Å². The SMILES string of the molecule is Cc1nnc(C(=O)Nc2cccc(C(=O)NCCC3=CCCCC3)c2)s1. The number of benzene rings is 1. The van der Waals surface area contributed by atoms with Crippen LogP contribution in [0.1, 0.15) is 57.3 Å². The molecular formula is C19H22N4O2S. The number of hydrogen-bond acceptors (Lipinski definition) is 5. The Morgan fingerprint density at radius 2 is 2.08 bits per heavy atom. The van der Waals surface area contributed by atoms with Crippen molar-refractivity contribution in [1.82, 2.24) is 15.5 Å². The highest BCUT2D eigenvalue weighted by atomic mass is 32.1. The van der Waals surface area contributed by atoms with Crippen LogP contribution in [0.25, 0.3) is 0 Å². The van der Waals surface area contributed by atoms with Crippen molar-refractivity contribution in [3.8, 4) is 0 Å². The first-order valence-corrected chi connectivity index (χ1v) is 9.61. The Morgan fingerprint density at radius 3 is 2.81 bits per heavy atom. The Hall–Kier alpha value is -2.54. The number of aryl methyl sites for hydroxylation is 1. The van der Waals surface area contributed by atoms with Gasteiger partial charge in [-0.25, -0.2) is 0 Å². The molecule has 2 aromatic rings. The minimum Gasteiger partial charge on any atom is -0.352 e. The van der Waals surface area contributed by atoms with Crippen LogP contribution in [0, 0.1) is 6.92 Å². The molecule has 0 fully saturated rings. The first-order chi connectivity index (χ1) is 12.6. The van der Waals surface area contributed by atoms with E-state index in [9.17, 15) is 9.59 Å². The zero-order chi connectivity index (χ0) is 18.4. The number of amides is 2. The summed E-state index contributed by atoms with van der Waals surface area (Å²) in [6.07, 6.45) is 8.00. The fraction of sp³-hybridized carbons (Fsp3) is 0.368. The number of anilines is 1. The van der Waals surface area contributed by atoms with E-state index in [4.69, 9.17) is 0 Å². The van der Waals surface area contributed by atoms with Crippen molar-refractivity contribution in [3.63, 3.8) is 0 Å². The Bertz CT molecular complexity index is 828. The molecule has 0 saturated heterocycles. The lowest BCUT2D eigenvalue weighted by atomic mass is 9.97. The van der Waals surface area contributed by atoms with Crippen LogP contribution in [0.4, 0.5) is 5.69 Å². The van der Waals surface area contributed by atoms with E-state index in [2.05, 4.69) is 26.9 Å². The number of rotatable bonds is 6. The second-order valence-electron chi connectivity index (χ2n) is 6.28. The lowest BCUT2D eigenvalue weighted by molar-refractivity contribution is 0.0952. The summed E-state index contributed by atoms with van der Waals surface area (Å²) in [5.74, 6) is -0.457. The molecule has 1 heterocycles. The average molecular weight is 370 g/mol. The smallest absolute Gasteiger partial charge is 0.286 e. The first-order valence-electron chi connectivity index (χ1n) is 8.79. The quantitative estimate of drug-likeness (QED) is 0.759. The molecule has 3 rings (SSSR count). The molecule has 2 amide bonds. The Kier molecular flexibility index (Phi) is 6.12.